The van der Waals surface area contributed by atoms with Gasteiger partial charge in [0.15, 0.2) is 0 Å². The SMILES string of the molecule is O=C(NC1CCCCNC1=O)c1cc(Br)cnc1Cl. The molecule has 1 fully saturated rings. The Morgan fingerprint density at radius 2 is 2.32 bits per heavy atom. The van der Waals surface area contributed by atoms with Gasteiger partial charge in [-0.15, -0.1) is 0 Å². The van der Waals surface area contributed by atoms with Crippen LogP contribution in [0.2, 0.25) is 5.15 Å². The summed E-state index contributed by atoms with van der Waals surface area (Å²) < 4.78 is 0.660. The van der Waals surface area contributed by atoms with Gasteiger partial charge in [0.05, 0.1) is 5.56 Å². The summed E-state index contributed by atoms with van der Waals surface area (Å²) in [5, 5.41) is 5.58. The van der Waals surface area contributed by atoms with Gasteiger partial charge in [0.2, 0.25) is 5.91 Å². The van der Waals surface area contributed by atoms with Crippen molar-refractivity contribution in [1.29, 1.82) is 0 Å². The van der Waals surface area contributed by atoms with Crippen LogP contribution in [-0.2, 0) is 4.79 Å². The predicted octanol–water partition coefficient (Wildman–Crippen LogP) is 1.90. The Kier molecular flexibility index (Phi) is 4.76. The summed E-state index contributed by atoms with van der Waals surface area (Å²) in [5.74, 6) is -0.536. The molecule has 7 heteroatoms. The van der Waals surface area contributed by atoms with Gasteiger partial charge in [0.25, 0.3) is 5.91 Å². The maximum Gasteiger partial charge on any atom is 0.255 e. The molecule has 2 rings (SSSR count). The van der Waals surface area contributed by atoms with Gasteiger partial charge < -0.3 is 10.6 Å². The molecule has 1 atom stereocenters. The zero-order valence-electron chi connectivity index (χ0n) is 10.1. The Hall–Kier alpha value is -1.14. The maximum absolute atomic E-state index is 12.1. The van der Waals surface area contributed by atoms with Gasteiger partial charge >= 0.3 is 0 Å². The van der Waals surface area contributed by atoms with E-state index in [0.29, 0.717) is 17.4 Å². The molecule has 0 aromatic carbocycles. The third-order valence-corrected chi connectivity index (χ3v) is 3.63. The number of amides is 2. The maximum atomic E-state index is 12.1. The largest absolute Gasteiger partial charge is 0.354 e. The first kappa shape index (κ1) is 14.3. The van der Waals surface area contributed by atoms with Gasteiger partial charge in [0, 0.05) is 17.2 Å². The highest BCUT2D eigenvalue weighted by molar-refractivity contribution is 9.10. The van der Waals surface area contributed by atoms with E-state index in [2.05, 4.69) is 31.5 Å². The second-order valence-electron chi connectivity index (χ2n) is 4.30. The number of carbonyl (C=O) groups excluding carboxylic acids is 2. The quantitative estimate of drug-likeness (QED) is 0.804. The van der Waals surface area contributed by atoms with Gasteiger partial charge in [-0.2, -0.15) is 0 Å². The van der Waals surface area contributed by atoms with E-state index in [4.69, 9.17) is 11.6 Å². The van der Waals surface area contributed by atoms with Crippen LogP contribution in [0.4, 0.5) is 0 Å². The molecule has 19 heavy (non-hydrogen) atoms. The van der Waals surface area contributed by atoms with Crippen LogP contribution in [0.5, 0.6) is 0 Å². The minimum Gasteiger partial charge on any atom is -0.354 e. The molecule has 0 aliphatic carbocycles. The summed E-state index contributed by atoms with van der Waals surface area (Å²) in [6.45, 7) is 0.657. The Bertz CT molecular complexity index is 510. The van der Waals surface area contributed by atoms with Crippen molar-refractivity contribution in [3.05, 3.63) is 27.5 Å². The van der Waals surface area contributed by atoms with E-state index >= 15 is 0 Å². The van der Waals surface area contributed by atoms with Gasteiger partial charge in [-0.1, -0.05) is 11.6 Å². The molecule has 5 nitrogen and oxygen atoms in total. The van der Waals surface area contributed by atoms with Crippen LogP contribution in [-0.4, -0.2) is 29.4 Å². The van der Waals surface area contributed by atoms with Crippen molar-refractivity contribution >= 4 is 39.3 Å². The number of pyridine rings is 1. The van der Waals surface area contributed by atoms with Crippen LogP contribution in [0.25, 0.3) is 0 Å². The Morgan fingerprint density at radius 1 is 1.53 bits per heavy atom. The van der Waals surface area contributed by atoms with Crippen LogP contribution in [0.3, 0.4) is 0 Å². The predicted molar refractivity (Wildman–Crippen MR) is 75.1 cm³/mol. The minimum absolute atomic E-state index is 0.120. The van der Waals surface area contributed by atoms with E-state index < -0.39 is 6.04 Å². The number of hydrogen-bond acceptors (Lipinski definition) is 3. The van der Waals surface area contributed by atoms with E-state index in [1.807, 2.05) is 0 Å². The zero-order valence-corrected chi connectivity index (χ0v) is 12.4. The fraction of sp³-hybridized carbons (Fsp3) is 0.417. The Balaban J connectivity index is 2.11. The Labute approximate surface area is 124 Å². The molecule has 0 spiro atoms. The highest BCUT2D eigenvalue weighted by Crippen LogP contribution is 2.18. The molecule has 1 aromatic rings. The molecule has 102 valence electrons. The zero-order chi connectivity index (χ0) is 13.8. The minimum atomic E-state index is -0.509. The van der Waals surface area contributed by atoms with Crippen molar-refractivity contribution in [2.45, 2.75) is 25.3 Å². The lowest BCUT2D eigenvalue weighted by atomic mass is 10.1. The van der Waals surface area contributed by atoms with Crippen LogP contribution in [0, 0.1) is 0 Å². The molecular formula is C12H13BrClN3O2. The van der Waals surface area contributed by atoms with Crippen LogP contribution in [0.15, 0.2) is 16.7 Å². The molecular weight excluding hydrogens is 334 g/mol. The van der Waals surface area contributed by atoms with Crippen LogP contribution >= 0.6 is 27.5 Å². The fourth-order valence-corrected chi connectivity index (χ4v) is 2.42. The van der Waals surface area contributed by atoms with Crippen molar-refractivity contribution in [3.8, 4) is 0 Å². The van der Waals surface area contributed by atoms with Crippen molar-refractivity contribution < 1.29 is 9.59 Å². The first-order chi connectivity index (χ1) is 9.08. The first-order valence-corrected chi connectivity index (χ1v) is 7.14. The molecule has 1 saturated heterocycles. The van der Waals surface area contributed by atoms with E-state index in [1.54, 1.807) is 6.07 Å². The lowest BCUT2D eigenvalue weighted by Gasteiger charge is -2.15. The highest BCUT2D eigenvalue weighted by Gasteiger charge is 2.24. The number of carbonyl (C=O) groups is 2. The lowest BCUT2D eigenvalue weighted by Crippen LogP contribution is -2.45. The monoisotopic (exact) mass is 345 g/mol. The standard InChI is InChI=1S/C12H13BrClN3O2/c13-7-5-8(10(14)16-6-7)11(18)17-9-3-1-2-4-15-12(9)19/h5-6,9H,1-4H2,(H,15,19)(H,17,18). The van der Waals surface area contributed by atoms with Crippen LogP contribution < -0.4 is 10.6 Å². The summed E-state index contributed by atoms with van der Waals surface area (Å²) in [6, 6.07) is 1.07. The second kappa shape index (κ2) is 6.34. The average molecular weight is 347 g/mol. The molecule has 1 aliphatic rings. The number of halogens is 2. The van der Waals surface area contributed by atoms with Crippen molar-refractivity contribution in [3.63, 3.8) is 0 Å². The molecule has 0 bridgehead atoms. The second-order valence-corrected chi connectivity index (χ2v) is 5.58. The number of hydrogen-bond donors (Lipinski definition) is 2. The van der Waals surface area contributed by atoms with Crippen molar-refractivity contribution in [2.24, 2.45) is 0 Å². The summed E-state index contributed by atoms with van der Waals surface area (Å²) in [5.41, 5.74) is 0.257. The number of nitrogens with zero attached hydrogens (tertiary/aromatic N) is 1. The molecule has 1 aliphatic heterocycles. The molecule has 1 aromatic heterocycles. The summed E-state index contributed by atoms with van der Waals surface area (Å²) in [6.07, 6.45) is 3.97. The summed E-state index contributed by atoms with van der Waals surface area (Å²) in [4.78, 5) is 27.7. The van der Waals surface area contributed by atoms with Crippen LogP contribution in [0.1, 0.15) is 29.6 Å². The number of rotatable bonds is 2. The topological polar surface area (TPSA) is 71.1 Å². The van der Waals surface area contributed by atoms with E-state index in [1.165, 1.54) is 6.20 Å². The van der Waals surface area contributed by atoms with Gasteiger partial charge in [0.1, 0.15) is 11.2 Å². The molecule has 1 unspecified atom stereocenters. The van der Waals surface area contributed by atoms with Crippen molar-refractivity contribution in [2.75, 3.05) is 6.54 Å². The lowest BCUT2D eigenvalue weighted by molar-refractivity contribution is -0.122. The normalized spacial score (nSPS) is 19.5. The average Bonchev–Trinajstić information content (AvgIpc) is 2.58. The fourth-order valence-electron chi connectivity index (χ4n) is 1.89. The van der Waals surface area contributed by atoms with Gasteiger partial charge in [-0.25, -0.2) is 4.98 Å². The molecule has 2 N–H and O–H groups in total. The van der Waals surface area contributed by atoms with E-state index in [-0.39, 0.29) is 22.5 Å². The number of nitrogens with one attached hydrogen (secondary N) is 2. The summed E-state index contributed by atoms with van der Waals surface area (Å²) in [7, 11) is 0. The summed E-state index contributed by atoms with van der Waals surface area (Å²) >= 11 is 9.12. The van der Waals surface area contributed by atoms with E-state index in [0.717, 1.165) is 12.8 Å². The molecule has 0 radical (unpaired) electrons. The van der Waals surface area contributed by atoms with Crippen molar-refractivity contribution in [1.82, 2.24) is 15.6 Å². The van der Waals surface area contributed by atoms with Gasteiger partial charge in [-0.05, 0) is 41.3 Å². The highest BCUT2D eigenvalue weighted by atomic mass is 79.9. The molecule has 2 amide bonds. The van der Waals surface area contributed by atoms with E-state index in [9.17, 15) is 9.59 Å². The molecule has 2 heterocycles. The molecule has 0 saturated carbocycles. The smallest absolute Gasteiger partial charge is 0.255 e. The third kappa shape index (κ3) is 3.67. The number of aromatic nitrogens is 1. The van der Waals surface area contributed by atoms with Gasteiger partial charge in [-0.3, -0.25) is 9.59 Å². The third-order valence-electron chi connectivity index (χ3n) is 2.89. The first-order valence-electron chi connectivity index (χ1n) is 5.97. The Morgan fingerprint density at radius 3 is 3.11 bits per heavy atom.